The molecule has 0 saturated heterocycles. The number of carboxylic acids is 1. The zero-order valence-corrected chi connectivity index (χ0v) is 15.4. The second-order valence-corrected chi connectivity index (χ2v) is 6.13. The summed E-state index contributed by atoms with van der Waals surface area (Å²) in [6.07, 6.45) is 3.22. The first-order chi connectivity index (χ1) is 13.5. The zero-order valence-electron chi connectivity index (χ0n) is 15.4. The van der Waals surface area contributed by atoms with Gasteiger partial charge in [-0.1, -0.05) is 17.3 Å². The number of nitrogens with one attached hydrogen (secondary N) is 1. The molecule has 3 aromatic rings. The van der Waals surface area contributed by atoms with Crippen LogP contribution in [0.15, 0.2) is 53.3 Å². The second-order valence-electron chi connectivity index (χ2n) is 6.13. The molecule has 8 nitrogen and oxygen atoms in total. The first kappa shape index (κ1) is 19.1. The normalized spacial score (nSPS) is 11.6. The van der Waals surface area contributed by atoms with Gasteiger partial charge in [0, 0.05) is 18.0 Å². The number of methoxy groups -OCH3 is 1. The van der Waals surface area contributed by atoms with Crippen molar-refractivity contribution in [1.29, 1.82) is 0 Å². The smallest absolute Gasteiger partial charge is 0.341 e. The van der Waals surface area contributed by atoms with Crippen molar-refractivity contribution in [2.45, 2.75) is 19.4 Å². The Morgan fingerprint density at radius 2 is 2.00 bits per heavy atom. The van der Waals surface area contributed by atoms with Gasteiger partial charge >= 0.3 is 5.97 Å². The van der Waals surface area contributed by atoms with Gasteiger partial charge in [-0.3, -0.25) is 9.78 Å². The fourth-order valence-electron chi connectivity index (χ4n) is 2.79. The summed E-state index contributed by atoms with van der Waals surface area (Å²) in [4.78, 5) is 28.1. The Balaban J connectivity index is 1.76. The van der Waals surface area contributed by atoms with Gasteiger partial charge in [0.05, 0.1) is 19.6 Å². The van der Waals surface area contributed by atoms with Gasteiger partial charge in [-0.15, -0.1) is 0 Å². The van der Waals surface area contributed by atoms with E-state index < -0.39 is 12.0 Å². The molecule has 0 aliphatic rings. The number of rotatable bonds is 7. The maximum atomic E-state index is 12.3. The Labute approximate surface area is 161 Å². The van der Waals surface area contributed by atoms with E-state index in [0.717, 1.165) is 5.56 Å². The summed E-state index contributed by atoms with van der Waals surface area (Å²) < 4.78 is 10.4. The molecule has 1 aromatic carbocycles. The van der Waals surface area contributed by atoms with Crippen LogP contribution in [0.25, 0.3) is 11.3 Å². The highest BCUT2D eigenvalue weighted by Crippen LogP contribution is 2.28. The van der Waals surface area contributed by atoms with E-state index in [1.54, 1.807) is 56.6 Å². The molecule has 0 unspecified atom stereocenters. The van der Waals surface area contributed by atoms with E-state index in [1.807, 2.05) is 0 Å². The fourth-order valence-corrected chi connectivity index (χ4v) is 2.79. The van der Waals surface area contributed by atoms with Gasteiger partial charge in [0.2, 0.25) is 5.91 Å². The highest BCUT2D eigenvalue weighted by atomic mass is 16.5. The lowest BCUT2D eigenvalue weighted by molar-refractivity contribution is -0.121. The van der Waals surface area contributed by atoms with Crippen molar-refractivity contribution in [3.05, 3.63) is 65.7 Å². The predicted molar refractivity (Wildman–Crippen MR) is 99.9 cm³/mol. The van der Waals surface area contributed by atoms with Crippen LogP contribution >= 0.6 is 0 Å². The number of aromatic nitrogens is 2. The van der Waals surface area contributed by atoms with Gasteiger partial charge in [-0.25, -0.2) is 4.79 Å². The van der Waals surface area contributed by atoms with Crippen molar-refractivity contribution in [2.75, 3.05) is 7.11 Å². The summed E-state index contributed by atoms with van der Waals surface area (Å²) >= 11 is 0. The van der Waals surface area contributed by atoms with Gasteiger partial charge in [0.15, 0.2) is 5.76 Å². The zero-order chi connectivity index (χ0) is 20.1. The Bertz CT molecular complexity index is 967. The number of nitrogens with zero attached hydrogens (tertiary/aromatic N) is 2. The average molecular weight is 381 g/mol. The quantitative estimate of drug-likeness (QED) is 0.647. The molecule has 0 fully saturated rings. The van der Waals surface area contributed by atoms with E-state index in [9.17, 15) is 14.7 Å². The third-order valence-electron chi connectivity index (χ3n) is 4.16. The van der Waals surface area contributed by atoms with Gasteiger partial charge in [-0.2, -0.15) is 0 Å². The Hall–Kier alpha value is -3.68. The summed E-state index contributed by atoms with van der Waals surface area (Å²) in [5.74, 6) is -0.678. The summed E-state index contributed by atoms with van der Waals surface area (Å²) in [5, 5.41) is 16.2. The van der Waals surface area contributed by atoms with E-state index in [0.29, 0.717) is 11.3 Å². The maximum absolute atomic E-state index is 12.3. The molecule has 144 valence electrons. The number of carboxylic acid groups (broad SMARTS) is 1. The summed E-state index contributed by atoms with van der Waals surface area (Å²) in [6.45, 7) is 1.64. The number of pyridine rings is 1. The molecule has 0 bridgehead atoms. The van der Waals surface area contributed by atoms with Gasteiger partial charge in [-0.05, 0) is 36.8 Å². The van der Waals surface area contributed by atoms with Crippen molar-refractivity contribution >= 4 is 11.9 Å². The Morgan fingerprint density at radius 1 is 1.25 bits per heavy atom. The minimum absolute atomic E-state index is 0.0782. The lowest BCUT2D eigenvalue weighted by Crippen LogP contribution is -2.28. The van der Waals surface area contributed by atoms with E-state index in [4.69, 9.17) is 9.26 Å². The molecule has 1 amide bonds. The average Bonchev–Trinajstić information content (AvgIpc) is 3.15. The highest BCUT2D eigenvalue weighted by molar-refractivity contribution is 5.96. The molecule has 8 heteroatoms. The first-order valence-electron chi connectivity index (χ1n) is 8.55. The molecule has 28 heavy (non-hydrogen) atoms. The molecule has 2 heterocycles. The minimum atomic E-state index is -1.19. The highest BCUT2D eigenvalue weighted by Gasteiger charge is 2.28. The van der Waals surface area contributed by atoms with Crippen LogP contribution in [0.2, 0.25) is 0 Å². The predicted octanol–water partition coefficient (Wildman–Crippen LogP) is 2.86. The molecule has 2 N–H and O–H groups in total. The topological polar surface area (TPSA) is 115 Å². The fraction of sp³-hybridized carbons (Fsp3) is 0.200. The molecule has 1 atom stereocenters. The van der Waals surface area contributed by atoms with Gasteiger partial charge in [0.1, 0.15) is 17.0 Å². The Kier molecular flexibility index (Phi) is 5.69. The van der Waals surface area contributed by atoms with Crippen molar-refractivity contribution in [3.8, 4) is 17.0 Å². The second kappa shape index (κ2) is 8.34. The molecule has 0 aliphatic heterocycles. The van der Waals surface area contributed by atoms with Crippen LogP contribution in [0, 0.1) is 0 Å². The van der Waals surface area contributed by atoms with E-state index in [1.165, 1.54) is 6.20 Å². The van der Waals surface area contributed by atoms with Crippen LogP contribution in [0.3, 0.4) is 0 Å². The Morgan fingerprint density at radius 3 is 2.61 bits per heavy atom. The third kappa shape index (κ3) is 4.17. The van der Waals surface area contributed by atoms with Crippen LogP contribution in [0.4, 0.5) is 0 Å². The van der Waals surface area contributed by atoms with Crippen LogP contribution in [0.5, 0.6) is 5.75 Å². The first-order valence-corrected chi connectivity index (χ1v) is 8.55. The molecular weight excluding hydrogens is 362 g/mol. The monoisotopic (exact) mass is 381 g/mol. The lowest BCUT2D eigenvalue weighted by Gasteiger charge is -2.12. The number of benzene rings is 1. The number of hydrogen-bond acceptors (Lipinski definition) is 6. The van der Waals surface area contributed by atoms with Crippen LogP contribution in [-0.4, -0.2) is 34.2 Å². The van der Waals surface area contributed by atoms with Crippen LogP contribution in [0.1, 0.15) is 34.6 Å². The van der Waals surface area contributed by atoms with Crippen molar-refractivity contribution in [3.63, 3.8) is 0 Å². The molecule has 0 aliphatic carbocycles. The molecule has 3 rings (SSSR count). The van der Waals surface area contributed by atoms with Crippen molar-refractivity contribution in [1.82, 2.24) is 15.5 Å². The number of carbonyl (C=O) groups excluding carboxylic acids is 1. The van der Waals surface area contributed by atoms with Gasteiger partial charge in [0.25, 0.3) is 0 Å². The molecule has 0 saturated carbocycles. The number of hydrogen-bond donors (Lipinski definition) is 2. The van der Waals surface area contributed by atoms with E-state index in [2.05, 4.69) is 15.5 Å². The van der Waals surface area contributed by atoms with Gasteiger partial charge < -0.3 is 19.7 Å². The summed E-state index contributed by atoms with van der Waals surface area (Å²) in [5.41, 5.74) is 1.40. The number of ether oxygens (including phenoxy) is 1. The van der Waals surface area contributed by atoms with E-state index >= 15 is 0 Å². The summed E-state index contributed by atoms with van der Waals surface area (Å²) in [6, 6.07) is 9.82. The largest absolute Gasteiger partial charge is 0.497 e. The summed E-state index contributed by atoms with van der Waals surface area (Å²) in [7, 11) is 1.57. The number of amides is 1. The third-order valence-corrected chi connectivity index (χ3v) is 4.16. The molecule has 0 radical (unpaired) electrons. The number of aromatic carboxylic acids is 1. The molecule has 2 aromatic heterocycles. The van der Waals surface area contributed by atoms with Crippen LogP contribution < -0.4 is 10.1 Å². The standard InChI is InChI=1S/C20H19N3O5/c1-12(22-16(24)10-13-5-7-15(27-2)8-6-13)19-17(20(25)26)18(23-28-19)14-4-3-9-21-11-14/h3-9,11-12H,10H2,1-2H3,(H,22,24)(H,25,26)/t12-/m1/s1. The molecular formula is C20H19N3O5. The minimum Gasteiger partial charge on any atom is -0.497 e. The van der Waals surface area contributed by atoms with Crippen LogP contribution in [-0.2, 0) is 11.2 Å². The molecule has 0 spiro atoms. The van der Waals surface area contributed by atoms with E-state index in [-0.39, 0.29) is 29.3 Å². The van der Waals surface area contributed by atoms with Crippen molar-refractivity contribution < 1.29 is 24.0 Å². The van der Waals surface area contributed by atoms with Crippen molar-refractivity contribution in [2.24, 2.45) is 0 Å². The maximum Gasteiger partial charge on any atom is 0.341 e. The SMILES string of the molecule is COc1ccc(CC(=O)N[C@H](C)c2onc(-c3cccnc3)c2C(=O)O)cc1. The lowest BCUT2D eigenvalue weighted by atomic mass is 10.0. The number of carbonyl (C=O) groups is 2.